The summed E-state index contributed by atoms with van der Waals surface area (Å²) >= 11 is 13.0. The van der Waals surface area contributed by atoms with E-state index in [0.717, 1.165) is 23.1 Å². The smallest absolute Gasteiger partial charge is 0.255 e. The average Bonchev–Trinajstić information content (AvgIpc) is 2.97. The van der Waals surface area contributed by atoms with E-state index in [1.165, 1.54) is 0 Å². The minimum absolute atomic E-state index is 0.282. The lowest BCUT2D eigenvalue weighted by molar-refractivity contribution is 0.102. The molecule has 0 aliphatic carbocycles. The van der Waals surface area contributed by atoms with Gasteiger partial charge in [-0.05, 0) is 43.3 Å². The molecule has 2 aromatic carbocycles. The summed E-state index contributed by atoms with van der Waals surface area (Å²) in [6, 6.07) is 11.8. The van der Waals surface area contributed by atoms with Crippen LogP contribution in [0.3, 0.4) is 0 Å². The monoisotopic (exact) mass is 393 g/mol. The molecule has 1 N–H and O–H groups in total. The lowest BCUT2D eigenvalue weighted by Gasteiger charge is -2.09. The van der Waals surface area contributed by atoms with Crippen molar-refractivity contribution < 1.29 is 9.53 Å². The standard InChI is InChI=1S/C17H13Cl2N3O2S/c1-10-16(22-25-21-10)9-24-15-4-2-3-11(5-15)17(23)20-14-7-12(18)6-13(19)8-14/h2-8H,9H2,1H3,(H,20,23). The molecule has 1 amide bonds. The van der Waals surface area contributed by atoms with Crippen LogP contribution in [0.5, 0.6) is 5.75 Å². The SMILES string of the molecule is Cc1nsnc1COc1cccc(C(=O)Nc2cc(Cl)cc(Cl)c2)c1. The molecule has 3 rings (SSSR count). The zero-order chi connectivity index (χ0) is 17.8. The Morgan fingerprint density at radius 1 is 1.16 bits per heavy atom. The fourth-order valence-electron chi connectivity index (χ4n) is 2.09. The second-order valence-corrected chi connectivity index (χ2v) is 6.63. The lowest BCUT2D eigenvalue weighted by Crippen LogP contribution is -2.12. The Labute approximate surface area is 158 Å². The quantitative estimate of drug-likeness (QED) is 0.663. The van der Waals surface area contributed by atoms with E-state index in [4.69, 9.17) is 27.9 Å². The number of nitrogens with one attached hydrogen (secondary N) is 1. The number of aromatic nitrogens is 2. The van der Waals surface area contributed by atoms with Crippen LogP contribution in [-0.4, -0.2) is 14.7 Å². The second-order valence-electron chi connectivity index (χ2n) is 5.23. The third-order valence-electron chi connectivity index (χ3n) is 3.34. The first-order chi connectivity index (χ1) is 12.0. The van der Waals surface area contributed by atoms with Crippen LogP contribution in [0, 0.1) is 6.92 Å². The third-order valence-corrected chi connectivity index (χ3v) is 4.43. The summed E-state index contributed by atoms with van der Waals surface area (Å²) in [4.78, 5) is 12.4. The van der Waals surface area contributed by atoms with Gasteiger partial charge in [0, 0.05) is 21.3 Å². The van der Waals surface area contributed by atoms with Crippen LogP contribution in [0.4, 0.5) is 5.69 Å². The number of benzene rings is 2. The van der Waals surface area contributed by atoms with Crippen molar-refractivity contribution in [1.29, 1.82) is 0 Å². The van der Waals surface area contributed by atoms with Gasteiger partial charge in [0.15, 0.2) is 0 Å². The number of ether oxygens (including phenoxy) is 1. The predicted octanol–water partition coefficient (Wildman–Crippen LogP) is 4.98. The first-order valence-corrected chi connectivity index (χ1v) is 8.78. The number of carbonyl (C=O) groups is 1. The molecule has 0 fully saturated rings. The molecule has 0 aliphatic rings. The van der Waals surface area contributed by atoms with E-state index >= 15 is 0 Å². The summed E-state index contributed by atoms with van der Waals surface area (Å²) < 4.78 is 14.0. The van der Waals surface area contributed by atoms with E-state index in [-0.39, 0.29) is 5.91 Å². The highest BCUT2D eigenvalue weighted by Crippen LogP contribution is 2.23. The van der Waals surface area contributed by atoms with Crippen LogP contribution in [-0.2, 0) is 6.61 Å². The first-order valence-electron chi connectivity index (χ1n) is 7.29. The van der Waals surface area contributed by atoms with Crippen LogP contribution in [0.15, 0.2) is 42.5 Å². The Morgan fingerprint density at radius 2 is 1.92 bits per heavy atom. The highest BCUT2D eigenvalue weighted by molar-refractivity contribution is 6.99. The summed E-state index contributed by atoms with van der Waals surface area (Å²) in [5, 5.41) is 3.66. The van der Waals surface area contributed by atoms with Crippen LogP contribution in [0.25, 0.3) is 0 Å². The van der Waals surface area contributed by atoms with Gasteiger partial charge in [-0.15, -0.1) is 0 Å². The largest absolute Gasteiger partial charge is 0.487 e. The van der Waals surface area contributed by atoms with Crippen molar-refractivity contribution in [2.45, 2.75) is 13.5 Å². The molecule has 25 heavy (non-hydrogen) atoms. The maximum atomic E-state index is 12.4. The van der Waals surface area contributed by atoms with Gasteiger partial charge in [0.2, 0.25) is 0 Å². The van der Waals surface area contributed by atoms with E-state index < -0.39 is 0 Å². The summed E-state index contributed by atoms with van der Waals surface area (Å²) in [6.07, 6.45) is 0. The molecule has 5 nitrogen and oxygen atoms in total. The minimum atomic E-state index is -0.282. The number of hydrogen-bond donors (Lipinski definition) is 1. The molecule has 0 bridgehead atoms. The zero-order valence-electron chi connectivity index (χ0n) is 13.1. The van der Waals surface area contributed by atoms with Gasteiger partial charge in [0.1, 0.15) is 18.1 Å². The van der Waals surface area contributed by atoms with Gasteiger partial charge in [0.25, 0.3) is 5.91 Å². The summed E-state index contributed by atoms with van der Waals surface area (Å²) in [5.74, 6) is 0.291. The molecule has 1 heterocycles. The highest BCUT2D eigenvalue weighted by Gasteiger charge is 2.10. The van der Waals surface area contributed by atoms with Crippen molar-refractivity contribution in [3.63, 3.8) is 0 Å². The van der Waals surface area contributed by atoms with Gasteiger partial charge in [0.05, 0.1) is 17.4 Å². The number of halogens is 2. The summed E-state index contributed by atoms with van der Waals surface area (Å²) in [6.45, 7) is 2.18. The molecule has 0 saturated carbocycles. The maximum absolute atomic E-state index is 12.4. The van der Waals surface area contributed by atoms with E-state index in [9.17, 15) is 4.79 Å². The summed E-state index contributed by atoms with van der Waals surface area (Å²) in [5.41, 5.74) is 2.62. The fourth-order valence-corrected chi connectivity index (χ4v) is 3.17. The molecular weight excluding hydrogens is 381 g/mol. The van der Waals surface area contributed by atoms with Gasteiger partial charge in [-0.25, -0.2) is 0 Å². The van der Waals surface area contributed by atoms with Crippen LogP contribution in [0.1, 0.15) is 21.7 Å². The van der Waals surface area contributed by atoms with Crippen LogP contribution in [0.2, 0.25) is 10.0 Å². The number of amides is 1. The number of aryl methyl sites for hydroxylation is 1. The number of anilines is 1. The van der Waals surface area contributed by atoms with Crippen LogP contribution < -0.4 is 10.1 Å². The van der Waals surface area contributed by atoms with Gasteiger partial charge in [-0.2, -0.15) is 8.75 Å². The Kier molecular flexibility index (Phi) is 5.53. The molecule has 128 valence electrons. The maximum Gasteiger partial charge on any atom is 0.255 e. The number of carbonyl (C=O) groups excluding carboxylic acids is 1. The molecule has 1 aromatic heterocycles. The fraction of sp³-hybridized carbons (Fsp3) is 0.118. The normalized spacial score (nSPS) is 10.5. The molecule has 0 aliphatic heterocycles. The van der Waals surface area contributed by atoms with E-state index in [0.29, 0.717) is 33.7 Å². The first kappa shape index (κ1) is 17.7. The Hall–Kier alpha value is -2.15. The van der Waals surface area contributed by atoms with Gasteiger partial charge < -0.3 is 10.1 Å². The van der Waals surface area contributed by atoms with Crippen molar-refractivity contribution in [2.24, 2.45) is 0 Å². The minimum Gasteiger partial charge on any atom is -0.487 e. The second kappa shape index (κ2) is 7.82. The predicted molar refractivity (Wildman–Crippen MR) is 99.8 cm³/mol. The average molecular weight is 394 g/mol. The van der Waals surface area contributed by atoms with Crippen molar-refractivity contribution in [3.05, 3.63) is 69.5 Å². The van der Waals surface area contributed by atoms with Gasteiger partial charge >= 0.3 is 0 Å². The van der Waals surface area contributed by atoms with Crippen LogP contribution >= 0.6 is 34.9 Å². The lowest BCUT2D eigenvalue weighted by atomic mass is 10.2. The van der Waals surface area contributed by atoms with E-state index in [2.05, 4.69) is 14.1 Å². The Balaban J connectivity index is 1.69. The third kappa shape index (κ3) is 4.69. The Bertz CT molecular complexity index is 894. The number of nitrogens with zero attached hydrogens (tertiary/aromatic N) is 2. The molecule has 8 heteroatoms. The molecular formula is C17H13Cl2N3O2S. The van der Waals surface area contributed by atoms with E-state index in [1.807, 2.05) is 6.92 Å². The van der Waals surface area contributed by atoms with Crippen molar-refractivity contribution in [2.75, 3.05) is 5.32 Å². The summed E-state index contributed by atoms with van der Waals surface area (Å²) in [7, 11) is 0. The number of rotatable bonds is 5. The Morgan fingerprint density at radius 3 is 2.60 bits per heavy atom. The molecule has 3 aromatic rings. The van der Waals surface area contributed by atoms with Crippen molar-refractivity contribution in [3.8, 4) is 5.75 Å². The number of hydrogen-bond acceptors (Lipinski definition) is 5. The van der Waals surface area contributed by atoms with E-state index in [1.54, 1.807) is 42.5 Å². The molecule has 0 atom stereocenters. The topological polar surface area (TPSA) is 64.1 Å². The van der Waals surface area contributed by atoms with Gasteiger partial charge in [-0.1, -0.05) is 29.3 Å². The molecule has 0 saturated heterocycles. The highest BCUT2D eigenvalue weighted by atomic mass is 35.5. The molecule has 0 unspecified atom stereocenters. The van der Waals surface area contributed by atoms with Crippen molar-refractivity contribution in [1.82, 2.24) is 8.75 Å². The molecule has 0 radical (unpaired) electrons. The molecule has 0 spiro atoms. The zero-order valence-corrected chi connectivity index (χ0v) is 15.5. The van der Waals surface area contributed by atoms with Gasteiger partial charge in [-0.3, -0.25) is 4.79 Å². The van der Waals surface area contributed by atoms with Crippen molar-refractivity contribution >= 4 is 46.5 Å².